The molecule has 42 heavy (non-hydrogen) atoms. The zero-order chi connectivity index (χ0) is 30.5. The van der Waals surface area contributed by atoms with Gasteiger partial charge >= 0.3 is 5.97 Å². The van der Waals surface area contributed by atoms with Gasteiger partial charge in [-0.2, -0.15) is 0 Å². The van der Waals surface area contributed by atoms with Crippen molar-refractivity contribution in [3.05, 3.63) is 36.5 Å². The van der Waals surface area contributed by atoms with Crippen LogP contribution in [0.1, 0.15) is 112 Å². The van der Waals surface area contributed by atoms with Gasteiger partial charge in [0.05, 0.1) is 12.7 Å². The molecule has 0 spiro atoms. The number of esters is 1. The van der Waals surface area contributed by atoms with Crippen LogP contribution in [0.15, 0.2) is 36.5 Å². The monoisotopic (exact) mass is 582 g/mol. The maximum absolute atomic E-state index is 11.4. The summed E-state index contributed by atoms with van der Waals surface area (Å²) in [6.45, 7) is 19.5. The third-order valence-corrected chi connectivity index (χ3v) is 12.9. The highest BCUT2D eigenvalue weighted by molar-refractivity contribution is 5.81. The molecule has 4 heteroatoms. The normalized spacial score (nSPS) is 36.5. The average molecular weight is 583 g/mol. The first-order chi connectivity index (χ1) is 20.0. The Morgan fingerprint density at radius 1 is 1.02 bits per heavy atom. The second-order valence-electron chi connectivity index (χ2n) is 15.4. The first-order valence-corrected chi connectivity index (χ1v) is 17.4. The zero-order valence-electron chi connectivity index (χ0n) is 27.8. The van der Waals surface area contributed by atoms with Crippen molar-refractivity contribution in [2.24, 2.45) is 58.2 Å². The molecular formula is C38H62O4. The third kappa shape index (κ3) is 7.28. The summed E-state index contributed by atoms with van der Waals surface area (Å²) in [5.74, 6) is 5.34. The summed E-state index contributed by atoms with van der Waals surface area (Å²) < 4.78 is 11.6. The quantitative estimate of drug-likeness (QED) is 0.126. The molecule has 4 rings (SSSR count). The number of ether oxygens (including phenoxy) is 2. The van der Waals surface area contributed by atoms with Crippen LogP contribution in [0, 0.1) is 58.2 Å². The maximum atomic E-state index is 11.4. The fourth-order valence-electron chi connectivity index (χ4n) is 9.78. The molecule has 3 fully saturated rings. The van der Waals surface area contributed by atoms with E-state index in [4.69, 9.17) is 9.47 Å². The standard InChI is InChI=1S/C38H62O4/c1-8-36(40)42-24-19-29(17-22-39)18-23-41-31-15-20-37(6)30(25-31)11-12-32-34-14-13-33(38(34,7)21-16-35(32)37)28(5)10-9-27(4)26(2)3/h8-11,26-29,31-35,39H,1,12-25H2,2-7H3/b10-9+/t27-,28+,29?,31-,32-,33+,34-,35-,37-,38+/m0/s1. The third-order valence-electron chi connectivity index (χ3n) is 12.9. The van der Waals surface area contributed by atoms with Gasteiger partial charge in [-0.05, 0) is 129 Å². The van der Waals surface area contributed by atoms with Crippen molar-refractivity contribution in [1.29, 1.82) is 0 Å². The van der Waals surface area contributed by atoms with E-state index in [1.165, 1.54) is 44.6 Å². The number of hydrogen-bond donors (Lipinski definition) is 1. The molecule has 4 aliphatic carbocycles. The van der Waals surface area contributed by atoms with Crippen LogP contribution in [0.25, 0.3) is 0 Å². The predicted octanol–water partition coefficient (Wildman–Crippen LogP) is 8.94. The van der Waals surface area contributed by atoms with Crippen molar-refractivity contribution in [2.75, 3.05) is 19.8 Å². The van der Waals surface area contributed by atoms with E-state index < -0.39 is 0 Å². The summed E-state index contributed by atoms with van der Waals surface area (Å²) in [6.07, 6.45) is 22.0. The topological polar surface area (TPSA) is 55.8 Å². The van der Waals surface area contributed by atoms with Gasteiger partial charge in [-0.3, -0.25) is 0 Å². The van der Waals surface area contributed by atoms with Crippen LogP contribution in [0.2, 0.25) is 0 Å². The highest BCUT2D eigenvalue weighted by Gasteiger charge is 2.59. The Hall–Kier alpha value is -1.39. The van der Waals surface area contributed by atoms with Crippen molar-refractivity contribution < 1.29 is 19.4 Å². The Bertz CT molecular complexity index is 966. The average Bonchev–Trinajstić information content (AvgIpc) is 3.32. The van der Waals surface area contributed by atoms with Crippen LogP contribution in [0.4, 0.5) is 0 Å². The molecule has 10 atom stereocenters. The van der Waals surface area contributed by atoms with E-state index in [0.717, 1.165) is 55.8 Å². The Morgan fingerprint density at radius 3 is 2.50 bits per heavy atom. The molecule has 4 aliphatic rings. The van der Waals surface area contributed by atoms with E-state index in [2.05, 4.69) is 66.3 Å². The number of allylic oxidation sites excluding steroid dienone is 3. The lowest BCUT2D eigenvalue weighted by Crippen LogP contribution is -2.51. The maximum Gasteiger partial charge on any atom is 0.330 e. The van der Waals surface area contributed by atoms with Gasteiger partial charge in [0.25, 0.3) is 0 Å². The lowest BCUT2D eigenvalue weighted by atomic mass is 9.47. The Morgan fingerprint density at radius 2 is 1.79 bits per heavy atom. The number of hydrogen-bond acceptors (Lipinski definition) is 4. The summed E-state index contributed by atoms with van der Waals surface area (Å²) in [4.78, 5) is 11.4. The van der Waals surface area contributed by atoms with Crippen molar-refractivity contribution in [3.8, 4) is 0 Å². The molecule has 0 aromatic heterocycles. The lowest BCUT2D eigenvalue weighted by Gasteiger charge is -2.58. The SMILES string of the molecule is C=CC(=O)OCCC(CCO)CCO[C@H]1CC[C@@]2(C)C(=CC[C@H]3[C@@H]4CC[C@H]([C@H](C)/C=C/[C@H](C)C(C)C)[C@@]4(C)CC[C@@H]32)C1. The zero-order valence-corrected chi connectivity index (χ0v) is 27.8. The van der Waals surface area contributed by atoms with Gasteiger partial charge in [0.1, 0.15) is 0 Å². The molecule has 0 aromatic carbocycles. The van der Waals surface area contributed by atoms with Gasteiger partial charge in [-0.25, -0.2) is 4.79 Å². The van der Waals surface area contributed by atoms with Crippen LogP contribution in [-0.4, -0.2) is 37.0 Å². The fraction of sp³-hybridized carbons (Fsp3) is 0.816. The molecular weight excluding hydrogens is 520 g/mol. The van der Waals surface area contributed by atoms with E-state index in [1.807, 2.05) is 0 Å². The second kappa shape index (κ2) is 14.6. The summed E-state index contributed by atoms with van der Waals surface area (Å²) in [5.41, 5.74) is 2.51. The Labute approximate surface area is 257 Å². The smallest absolute Gasteiger partial charge is 0.330 e. The van der Waals surface area contributed by atoms with E-state index in [0.29, 0.717) is 53.8 Å². The molecule has 0 aromatic rings. The summed E-state index contributed by atoms with van der Waals surface area (Å²) in [6, 6.07) is 0. The van der Waals surface area contributed by atoms with Crippen LogP contribution < -0.4 is 0 Å². The van der Waals surface area contributed by atoms with Gasteiger partial charge < -0.3 is 14.6 Å². The highest BCUT2D eigenvalue weighted by Crippen LogP contribution is 2.67. The molecule has 4 nitrogen and oxygen atoms in total. The first kappa shape index (κ1) is 33.5. The summed E-state index contributed by atoms with van der Waals surface area (Å²) >= 11 is 0. The van der Waals surface area contributed by atoms with Gasteiger partial charge in [0.15, 0.2) is 0 Å². The minimum Gasteiger partial charge on any atom is -0.463 e. The number of carbonyl (C=O) groups excluding carboxylic acids is 1. The minimum atomic E-state index is -0.379. The van der Waals surface area contributed by atoms with E-state index in [1.54, 1.807) is 5.57 Å². The number of rotatable bonds is 14. The van der Waals surface area contributed by atoms with Crippen LogP contribution in [-0.2, 0) is 14.3 Å². The van der Waals surface area contributed by atoms with Crippen molar-refractivity contribution in [1.82, 2.24) is 0 Å². The molecule has 0 aliphatic heterocycles. The number of carbonyl (C=O) groups is 1. The second-order valence-corrected chi connectivity index (χ2v) is 15.4. The van der Waals surface area contributed by atoms with Crippen LogP contribution in [0.3, 0.4) is 0 Å². The molecule has 1 unspecified atom stereocenters. The van der Waals surface area contributed by atoms with Crippen LogP contribution >= 0.6 is 0 Å². The fourth-order valence-corrected chi connectivity index (χ4v) is 9.78. The molecule has 238 valence electrons. The Balaban J connectivity index is 1.32. The molecule has 0 radical (unpaired) electrons. The number of aliphatic hydroxyl groups excluding tert-OH is 1. The van der Waals surface area contributed by atoms with E-state index in [-0.39, 0.29) is 12.6 Å². The molecule has 3 saturated carbocycles. The molecule has 0 bridgehead atoms. The molecule has 0 saturated heterocycles. The van der Waals surface area contributed by atoms with E-state index >= 15 is 0 Å². The van der Waals surface area contributed by atoms with Crippen molar-refractivity contribution >= 4 is 5.97 Å². The van der Waals surface area contributed by atoms with Crippen molar-refractivity contribution in [2.45, 2.75) is 118 Å². The van der Waals surface area contributed by atoms with Gasteiger partial charge in [-0.15, -0.1) is 0 Å². The van der Waals surface area contributed by atoms with Gasteiger partial charge in [0, 0.05) is 19.3 Å². The molecule has 1 N–H and O–H groups in total. The predicted molar refractivity (Wildman–Crippen MR) is 173 cm³/mol. The lowest BCUT2D eigenvalue weighted by molar-refractivity contribution is -0.138. The molecule has 0 heterocycles. The first-order valence-electron chi connectivity index (χ1n) is 17.4. The minimum absolute atomic E-state index is 0.158. The van der Waals surface area contributed by atoms with Gasteiger partial charge in [-0.1, -0.05) is 71.9 Å². The van der Waals surface area contributed by atoms with Gasteiger partial charge in [0.2, 0.25) is 0 Å². The van der Waals surface area contributed by atoms with Crippen LogP contribution in [0.5, 0.6) is 0 Å². The number of fused-ring (bicyclic) bond motifs is 5. The highest BCUT2D eigenvalue weighted by atomic mass is 16.5. The largest absolute Gasteiger partial charge is 0.463 e. The van der Waals surface area contributed by atoms with Crippen molar-refractivity contribution in [3.63, 3.8) is 0 Å². The summed E-state index contributed by atoms with van der Waals surface area (Å²) in [5, 5.41) is 9.49. The number of aliphatic hydroxyl groups is 1. The summed E-state index contributed by atoms with van der Waals surface area (Å²) in [7, 11) is 0. The van der Waals surface area contributed by atoms with E-state index in [9.17, 15) is 9.90 Å². The Kier molecular flexibility index (Phi) is 11.6. The molecule has 0 amide bonds.